The van der Waals surface area contributed by atoms with Gasteiger partial charge in [-0.1, -0.05) is 18.2 Å². The molecule has 2 amide bonds. The Balaban J connectivity index is 1.53. The summed E-state index contributed by atoms with van der Waals surface area (Å²) in [6, 6.07) is 18.1. The molecule has 0 saturated carbocycles. The smallest absolute Gasteiger partial charge is 0.338 e. The number of amides is 2. The van der Waals surface area contributed by atoms with Crippen LogP contribution in [0.15, 0.2) is 66.7 Å². The first-order chi connectivity index (χ1) is 18.9. The number of nitro benzene ring substituents is 1. The van der Waals surface area contributed by atoms with Crippen molar-refractivity contribution >= 4 is 34.8 Å². The van der Waals surface area contributed by atoms with Crippen LogP contribution in [0.5, 0.6) is 0 Å². The van der Waals surface area contributed by atoms with Crippen molar-refractivity contribution in [3.05, 3.63) is 99.1 Å². The highest BCUT2D eigenvalue weighted by atomic mass is 16.6. The van der Waals surface area contributed by atoms with Gasteiger partial charge in [0.25, 0.3) is 11.6 Å². The van der Waals surface area contributed by atoms with Crippen molar-refractivity contribution in [2.24, 2.45) is 0 Å². The molecule has 3 aromatic rings. The Bertz CT molecular complexity index is 1520. The van der Waals surface area contributed by atoms with Crippen LogP contribution in [0.2, 0.25) is 0 Å². The fourth-order valence-electron chi connectivity index (χ4n) is 6.53. The number of imide groups is 1. The molecule has 3 aliphatic heterocycles. The summed E-state index contributed by atoms with van der Waals surface area (Å²) in [6.07, 6.45) is 2.87. The van der Waals surface area contributed by atoms with Crippen LogP contribution in [0.4, 0.5) is 17.1 Å². The highest BCUT2D eigenvalue weighted by Gasteiger charge is 2.59. The van der Waals surface area contributed by atoms with Crippen LogP contribution >= 0.6 is 0 Å². The Kier molecular flexibility index (Phi) is 5.94. The number of ether oxygens (including phenoxy) is 1. The van der Waals surface area contributed by atoms with Crippen LogP contribution in [0, 0.1) is 10.1 Å². The number of benzene rings is 3. The standard InChI is InChI=1S/C30H27N3O6/c1-2-39-28(35)19-10-12-21(13-11-19)32-27(34)23-7-3-4-8-24(23)30(29(32)36)18-20-17-22(33(37)38)14-15-25(20)31-16-6-5-9-26(30)31/h3-4,7-8,10-15,17,26H,2,5-6,9,16,18H2,1H3. The van der Waals surface area contributed by atoms with E-state index in [1.807, 2.05) is 12.1 Å². The zero-order chi connectivity index (χ0) is 27.3. The van der Waals surface area contributed by atoms with Gasteiger partial charge in [0.2, 0.25) is 5.91 Å². The molecule has 9 heteroatoms. The number of hydrogen-bond acceptors (Lipinski definition) is 7. The Morgan fingerprint density at radius 2 is 1.85 bits per heavy atom. The molecule has 0 N–H and O–H groups in total. The van der Waals surface area contributed by atoms with E-state index in [-0.39, 0.29) is 30.7 Å². The lowest BCUT2D eigenvalue weighted by Crippen LogP contribution is -2.67. The predicted molar refractivity (Wildman–Crippen MR) is 144 cm³/mol. The van der Waals surface area contributed by atoms with E-state index in [2.05, 4.69) is 4.90 Å². The summed E-state index contributed by atoms with van der Waals surface area (Å²) in [5.41, 5.74) is 2.26. The summed E-state index contributed by atoms with van der Waals surface area (Å²) in [5, 5.41) is 11.6. The molecule has 0 aromatic heterocycles. The van der Waals surface area contributed by atoms with Crippen molar-refractivity contribution in [1.29, 1.82) is 0 Å². The van der Waals surface area contributed by atoms with Crippen molar-refractivity contribution in [2.75, 3.05) is 23.0 Å². The van der Waals surface area contributed by atoms with Crippen LogP contribution in [-0.2, 0) is 21.4 Å². The minimum absolute atomic E-state index is 0.0293. The number of anilines is 2. The summed E-state index contributed by atoms with van der Waals surface area (Å²) in [6.45, 7) is 2.68. The Hall–Kier alpha value is -4.53. The maximum Gasteiger partial charge on any atom is 0.338 e. The van der Waals surface area contributed by atoms with E-state index in [0.29, 0.717) is 22.4 Å². The first kappa shape index (κ1) is 24.8. The van der Waals surface area contributed by atoms with Crippen LogP contribution in [-0.4, -0.2) is 41.9 Å². The number of esters is 1. The number of nitrogens with zero attached hydrogens (tertiary/aromatic N) is 3. The van der Waals surface area contributed by atoms with Gasteiger partial charge in [-0.05, 0) is 80.1 Å². The van der Waals surface area contributed by atoms with E-state index in [0.717, 1.165) is 37.1 Å². The number of piperidine rings is 1. The second-order valence-corrected chi connectivity index (χ2v) is 10.2. The van der Waals surface area contributed by atoms with Gasteiger partial charge in [0.05, 0.1) is 22.8 Å². The second-order valence-electron chi connectivity index (χ2n) is 10.2. The molecule has 9 nitrogen and oxygen atoms in total. The molecule has 1 fully saturated rings. The van der Waals surface area contributed by atoms with E-state index in [1.54, 1.807) is 55.5 Å². The molecule has 3 aliphatic rings. The molecule has 2 atom stereocenters. The fourth-order valence-corrected chi connectivity index (χ4v) is 6.53. The summed E-state index contributed by atoms with van der Waals surface area (Å²) < 4.78 is 5.07. The normalized spacial score (nSPS) is 21.7. The highest BCUT2D eigenvalue weighted by molar-refractivity contribution is 6.28. The molecule has 3 aromatic carbocycles. The van der Waals surface area contributed by atoms with E-state index in [9.17, 15) is 24.5 Å². The number of nitro groups is 1. The van der Waals surface area contributed by atoms with Gasteiger partial charge in [-0.2, -0.15) is 0 Å². The molecule has 1 spiro atoms. The van der Waals surface area contributed by atoms with Crippen molar-refractivity contribution < 1.29 is 24.0 Å². The zero-order valence-electron chi connectivity index (χ0n) is 21.5. The Morgan fingerprint density at radius 3 is 2.59 bits per heavy atom. The number of rotatable bonds is 4. The third-order valence-corrected chi connectivity index (χ3v) is 8.19. The first-order valence-corrected chi connectivity index (χ1v) is 13.2. The average Bonchev–Trinajstić information content (AvgIpc) is 2.96. The number of hydrogen-bond donors (Lipinski definition) is 0. The number of carbonyl (C=O) groups is 3. The molecule has 3 heterocycles. The molecule has 198 valence electrons. The molecule has 6 rings (SSSR count). The SMILES string of the molecule is CCOC(=O)c1ccc(N2C(=O)c3ccccc3C3(Cc4cc([N+](=O)[O-])ccc4N4CCCCC43)C2=O)cc1. The van der Waals surface area contributed by atoms with E-state index in [4.69, 9.17) is 4.74 Å². The lowest BCUT2D eigenvalue weighted by atomic mass is 9.61. The zero-order valence-corrected chi connectivity index (χ0v) is 21.5. The second kappa shape index (κ2) is 9.34. The average molecular weight is 526 g/mol. The summed E-state index contributed by atoms with van der Waals surface area (Å²) >= 11 is 0. The van der Waals surface area contributed by atoms with Crippen LogP contribution < -0.4 is 9.80 Å². The van der Waals surface area contributed by atoms with Gasteiger partial charge in [-0.15, -0.1) is 0 Å². The molecular weight excluding hydrogens is 498 g/mol. The number of non-ortho nitro benzene ring substituents is 1. The minimum atomic E-state index is -1.12. The summed E-state index contributed by atoms with van der Waals surface area (Å²) in [4.78, 5) is 55.4. The molecular formula is C30H27N3O6. The van der Waals surface area contributed by atoms with E-state index < -0.39 is 22.2 Å². The van der Waals surface area contributed by atoms with Gasteiger partial charge >= 0.3 is 5.97 Å². The lowest BCUT2D eigenvalue weighted by molar-refractivity contribution is -0.384. The van der Waals surface area contributed by atoms with Crippen LogP contribution in [0.3, 0.4) is 0 Å². The monoisotopic (exact) mass is 525 g/mol. The molecule has 1 saturated heterocycles. The van der Waals surface area contributed by atoms with Crippen molar-refractivity contribution in [3.63, 3.8) is 0 Å². The van der Waals surface area contributed by atoms with Gasteiger partial charge in [-0.3, -0.25) is 19.7 Å². The molecule has 0 bridgehead atoms. The third-order valence-electron chi connectivity index (χ3n) is 8.19. The largest absolute Gasteiger partial charge is 0.462 e. The maximum atomic E-state index is 14.7. The van der Waals surface area contributed by atoms with Gasteiger partial charge in [0.1, 0.15) is 5.41 Å². The summed E-state index contributed by atoms with van der Waals surface area (Å²) in [7, 11) is 0. The maximum absolute atomic E-state index is 14.7. The highest BCUT2D eigenvalue weighted by Crippen LogP contribution is 2.51. The van der Waals surface area contributed by atoms with Gasteiger partial charge in [-0.25, -0.2) is 9.69 Å². The number of carbonyl (C=O) groups excluding carboxylic acids is 3. The van der Waals surface area contributed by atoms with Crippen LogP contribution in [0.25, 0.3) is 0 Å². The molecule has 0 aliphatic carbocycles. The number of fused-ring (bicyclic) bond motifs is 6. The molecule has 2 unspecified atom stereocenters. The van der Waals surface area contributed by atoms with Crippen molar-refractivity contribution in [3.8, 4) is 0 Å². The minimum Gasteiger partial charge on any atom is -0.462 e. The van der Waals surface area contributed by atoms with Gasteiger partial charge in [0.15, 0.2) is 0 Å². The van der Waals surface area contributed by atoms with E-state index >= 15 is 0 Å². The topological polar surface area (TPSA) is 110 Å². The molecule has 0 radical (unpaired) electrons. The Morgan fingerprint density at radius 1 is 1.08 bits per heavy atom. The third kappa shape index (κ3) is 3.71. The Labute approximate surface area is 225 Å². The van der Waals surface area contributed by atoms with Crippen molar-refractivity contribution in [1.82, 2.24) is 0 Å². The van der Waals surface area contributed by atoms with Crippen molar-refractivity contribution in [2.45, 2.75) is 44.1 Å². The lowest BCUT2D eigenvalue weighted by Gasteiger charge is -2.55. The van der Waals surface area contributed by atoms with E-state index in [1.165, 1.54) is 11.0 Å². The predicted octanol–water partition coefficient (Wildman–Crippen LogP) is 4.81. The first-order valence-electron chi connectivity index (χ1n) is 13.2. The van der Waals surface area contributed by atoms with Crippen LogP contribution in [0.1, 0.15) is 58.0 Å². The van der Waals surface area contributed by atoms with Gasteiger partial charge < -0.3 is 9.64 Å². The fraction of sp³-hybridized carbons (Fsp3) is 0.300. The summed E-state index contributed by atoms with van der Waals surface area (Å²) in [5.74, 6) is -1.27. The molecule has 39 heavy (non-hydrogen) atoms. The van der Waals surface area contributed by atoms with Gasteiger partial charge in [0, 0.05) is 36.0 Å². The quantitative estimate of drug-likeness (QED) is 0.208.